The van der Waals surface area contributed by atoms with Crippen molar-refractivity contribution in [3.8, 4) is 0 Å². The second-order valence-electron chi connectivity index (χ2n) is 12.3. The van der Waals surface area contributed by atoms with Gasteiger partial charge in [0, 0.05) is 62.9 Å². The maximum Gasteiger partial charge on any atom is 0.247 e. The first-order chi connectivity index (χ1) is 20.8. The Labute approximate surface area is 259 Å². The Morgan fingerprint density at radius 2 is 1.79 bits per heavy atom. The number of aliphatic hydroxyl groups is 1. The molecule has 0 saturated carbocycles. The summed E-state index contributed by atoms with van der Waals surface area (Å²) in [5, 5.41) is 9.50. The highest BCUT2D eigenvalue weighted by molar-refractivity contribution is 8.02. The second-order valence-corrected chi connectivity index (χ2v) is 14.2. The van der Waals surface area contributed by atoms with Gasteiger partial charge in [0.1, 0.15) is 6.04 Å². The van der Waals surface area contributed by atoms with Gasteiger partial charge < -0.3 is 24.5 Å². The molecule has 4 aliphatic heterocycles. The fourth-order valence-corrected chi connectivity index (χ4v) is 9.99. The Morgan fingerprint density at radius 1 is 1.07 bits per heavy atom. The average Bonchev–Trinajstić information content (AvgIpc) is 3.59. The molecule has 5 atom stereocenters. The van der Waals surface area contributed by atoms with Crippen LogP contribution in [-0.2, 0) is 19.1 Å². The van der Waals surface area contributed by atoms with Crippen LogP contribution in [0.1, 0.15) is 32.6 Å². The number of para-hydroxylation sites is 1. The van der Waals surface area contributed by atoms with Crippen LogP contribution in [0.2, 0.25) is 0 Å². The number of hydrogen-bond acceptors (Lipinski definition) is 7. The molecule has 1 N–H and O–H groups in total. The summed E-state index contributed by atoms with van der Waals surface area (Å²) < 4.78 is 4.35. The molecule has 3 amide bonds. The van der Waals surface area contributed by atoms with E-state index in [4.69, 9.17) is 4.74 Å². The van der Waals surface area contributed by atoms with Crippen LogP contribution in [0.5, 0.6) is 0 Å². The molecule has 1 spiro atoms. The SMILES string of the molecule is C=CCN(CCN1CCOCC1)C(=O)C1N(CCCCO)C(=O)[C@@H]2[C@@H](C(=O)N(CC=C)c3ccccc3)[C@@]3(C)CCC12S3. The number of likely N-dealkylation sites (tertiary alicyclic amines) is 1. The largest absolute Gasteiger partial charge is 0.396 e. The summed E-state index contributed by atoms with van der Waals surface area (Å²) in [5.41, 5.74) is 0.774. The maximum absolute atomic E-state index is 14.6. The van der Waals surface area contributed by atoms with Gasteiger partial charge >= 0.3 is 0 Å². The van der Waals surface area contributed by atoms with Gasteiger partial charge in [-0.05, 0) is 44.7 Å². The number of carbonyl (C=O) groups is 3. The number of anilines is 1. The second kappa shape index (κ2) is 13.5. The summed E-state index contributed by atoms with van der Waals surface area (Å²) in [7, 11) is 0. The van der Waals surface area contributed by atoms with Gasteiger partial charge in [0.05, 0.1) is 29.8 Å². The van der Waals surface area contributed by atoms with Gasteiger partial charge in [0.25, 0.3) is 0 Å². The molecule has 0 radical (unpaired) electrons. The molecule has 4 fully saturated rings. The lowest BCUT2D eigenvalue weighted by molar-refractivity contribution is -0.143. The predicted octanol–water partition coefficient (Wildman–Crippen LogP) is 2.81. The molecule has 0 aromatic heterocycles. The Bertz CT molecular complexity index is 1190. The fourth-order valence-electron chi connectivity index (χ4n) is 7.65. The zero-order chi connectivity index (χ0) is 30.6. The zero-order valence-corrected chi connectivity index (χ0v) is 26.2. The van der Waals surface area contributed by atoms with Crippen LogP contribution in [0.15, 0.2) is 55.6 Å². The summed E-state index contributed by atoms with van der Waals surface area (Å²) in [6.45, 7) is 15.4. The average molecular weight is 611 g/mol. The van der Waals surface area contributed by atoms with Crippen LogP contribution in [0.3, 0.4) is 0 Å². The lowest BCUT2D eigenvalue weighted by Crippen LogP contribution is -2.56. The molecule has 5 rings (SSSR count). The van der Waals surface area contributed by atoms with Gasteiger partial charge in [-0.15, -0.1) is 24.9 Å². The van der Waals surface area contributed by atoms with Crippen molar-refractivity contribution in [3.05, 3.63) is 55.6 Å². The first kappa shape index (κ1) is 31.8. The van der Waals surface area contributed by atoms with E-state index in [2.05, 4.69) is 25.0 Å². The Kier molecular flexibility index (Phi) is 10.0. The number of rotatable bonds is 14. The first-order valence-electron chi connectivity index (χ1n) is 15.6. The number of ether oxygens (including phenoxy) is 1. The predicted molar refractivity (Wildman–Crippen MR) is 170 cm³/mol. The number of amides is 3. The molecule has 9 nitrogen and oxygen atoms in total. The van der Waals surface area contributed by atoms with E-state index in [-0.39, 0.29) is 24.3 Å². The van der Waals surface area contributed by atoms with Gasteiger partial charge in [0.2, 0.25) is 17.7 Å². The minimum absolute atomic E-state index is 0.0267. The monoisotopic (exact) mass is 610 g/mol. The molecule has 1 aromatic rings. The van der Waals surface area contributed by atoms with Crippen molar-refractivity contribution in [2.45, 2.75) is 48.1 Å². The van der Waals surface area contributed by atoms with E-state index in [1.165, 1.54) is 0 Å². The van der Waals surface area contributed by atoms with Crippen LogP contribution in [0.25, 0.3) is 0 Å². The van der Waals surface area contributed by atoms with Crippen molar-refractivity contribution >= 4 is 35.2 Å². The van der Waals surface area contributed by atoms with Crippen molar-refractivity contribution in [3.63, 3.8) is 0 Å². The maximum atomic E-state index is 14.6. The standard InChI is InChI=1S/C33H46N4O5S/c1-4-15-35(19-18-34-20-23-42-24-21-34)31(41)28-33-14-13-32(3,43-33)26(27(33)30(40)37(28)17-9-10-22-38)29(39)36(16-5-2)25-11-7-6-8-12-25/h4-8,11-12,26-28,38H,1-2,9-10,13-24H2,3H3/t26-,27-,28?,32+,33?/m0/s1. The number of aliphatic hydroxyl groups excluding tert-OH is 1. The van der Waals surface area contributed by atoms with E-state index >= 15 is 0 Å². The summed E-state index contributed by atoms with van der Waals surface area (Å²) in [6.07, 6.45) is 6.08. The molecule has 2 unspecified atom stereocenters. The van der Waals surface area contributed by atoms with Gasteiger partial charge in [-0.25, -0.2) is 0 Å². The highest BCUT2D eigenvalue weighted by atomic mass is 32.2. The molecule has 10 heteroatoms. The molecule has 4 heterocycles. The van der Waals surface area contributed by atoms with Crippen molar-refractivity contribution < 1.29 is 24.2 Å². The van der Waals surface area contributed by atoms with Gasteiger partial charge in [-0.1, -0.05) is 30.4 Å². The number of hydrogen-bond donors (Lipinski definition) is 1. The number of carbonyl (C=O) groups excluding carboxylic acids is 3. The van der Waals surface area contributed by atoms with E-state index in [9.17, 15) is 19.5 Å². The van der Waals surface area contributed by atoms with E-state index in [0.717, 1.165) is 31.7 Å². The smallest absolute Gasteiger partial charge is 0.247 e. The van der Waals surface area contributed by atoms with Crippen molar-refractivity contribution in [2.24, 2.45) is 11.8 Å². The minimum atomic E-state index is -0.683. The van der Waals surface area contributed by atoms with E-state index < -0.39 is 27.4 Å². The van der Waals surface area contributed by atoms with E-state index in [0.29, 0.717) is 58.7 Å². The molecule has 4 aliphatic rings. The molecular formula is C33H46N4O5S. The van der Waals surface area contributed by atoms with Gasteiger partial charge in [-0.3, -0.25) is 19.3 Å². The third-order valence-corrected chi connectivity index (χ3v) is 11.7. The number of fused-ring (bicyclic) bond motifs is 1. The van der Waals surface area contributed by atoms with E-state index in [1.54, 1.807) is 33.7 Å². The van der Waals surface area contributed by atoms with Crippen molar-refractivity contribution in [1.82, 2.24) is 14.7 Å². The highest BCUT2D eigenvalue weighted by Gasteiger charge is 2.77. The fraction of sp³-hybridized carbons (Fsp3) is 0.606. The molecule has 0 aliphatic carbocycles. The van der Waals surface area contributed by atoms with E-state index in [1.807, 2.05) is 35.2 Å². The molecule has 2 bridgehead atoms. The summed E-state index contributed by atoms with van der Waals surface area (Å²) in [4.78, 5) is 51.3. The summed E-state index contributed by atoms with van der Waals surface area (Å²) >= 11 is 1.70. The molecular weight excluding hydrogens is 564 g/mol. The summed E-state index contributed by atoms with van der Waals surface area (Å²) in [6, 6.07) is 8.87. The lowest BCUT2D eigenvalue weighted by atomic mass is 9.66. The summed E-state index contributed by atoms with van der Waals surface area (Å²) in [5.74, 6) is -1.40. The normalized spacial score (nSPS) is 29.9. The zero-order valence-electron chi connectivity index (χ0n) is 25.4. The first-order valence-corrected chi connectivity index (χ1v) is 16.4. The van der Waals surface area contributed by atoms with Crippen LogP contribution >= 0.6 is 11.8 Å². The number of morpholine rings is 1. The number of nitrogens with zero attached hydrogens (tertiary/aromatic N) is 4. The Morgan fingerprint density at radius 3 is 2.47 bits per heavy atom. The number of benzene rings is 1. The molecule has 1 aromatic carbocycles. The Hall–Kier alpha value is -2.66. The molecule has 4 saturated heterocycles. The quantitative estimate of drug-likeness (QED) is 0.256. The third-order valence-electron chi connectivity index (χ3n) is 9.68. The van der Waals surface area contributed by atoms with Crippen molar-refractivity contribution in [2.75, 3.05) is 70.5 Å². The van der Waals surface area contributed by atoms with Crippen molar-refractivity contribution in [1.29, 1.82) is 0 Å². The third kappa shape index (κ3) is 5.91. The topological polar surface area (TPSA) is 93.6 Å². The van der Waals surface area contributed by atoms with Gasteiger partial charge in [0.15, 0.2) is 0 Å². The number of unbranched alkanes of at least 4 members (excludes halogenated alkanes) is 1. The Balaban J connectivity index is 1.48. The minimum Gasteiger partial charge on any atom is -0.396 e. The van der Waals surface area contributed by atoms with Gasteiger partial charge in [-0.2, -0.15) is 0 Å². The van der Waals surface area contributed by atoms with Crippen LogP contribution in [0.4, 0.5) is 5.69 Å². The molecule has 43 heavy (non-hydrogen) atoms. The molecule has 234 valence electrons. The number of thioether (sulfide) groups is 1. The van der Waals surface area contributed by atoms with Crippen LogP contribution < -0.4 is 4.90 Å². The van der Waals surface area contributed by atoms with Crippen LogP contribution in [0, 0.1) is 11.8 Å². The van der Waals surface area contributed by atoms with Crippen LogP contribution in [-0.4, -0.2) is 119 Å². The highest BCUT2D eigenvalue weighted by Crippen LogP contribution is 2.71. The lowest BCUT2D eigenvalue weighted by Gasteiger charge is -2.38.